The topological polar surface area (TPSA) is 42.2 Å². The fourth-order valence-corrected chi connectivity index (χ4v) is 2.97. The molecule has 19 heavy (non-hydrogen) atoms. The third kappa shape index (κ3) is 2.52. The zero-order chi connectivity index (χ0) is 13.1. The van der Waals surface area contributed by atoms with Crippen LogP contribution in [0.4, 0.5) is 0 Å². The first-order chi connectivity index (χ1) is 9.38. The second-order valence-electron chi connectivity index (χ2n) is 4.41. The van der Waals surface area contributed by atoms with Gasteiger partial charge in [-0.1, -0.05) is 13.0 Å². The van der Waals surface area contributed by atoms with Crippen LogP contribution in [0.15, 0.2) is 42.2 Å². The minimum absolute atomic E-state index is 0.318. The van der Waals surface area contributed by atoms with Crippen LogP contribution in [-0.4, -0.2) is 14.6 Å². The molecule has 3 heterocycles. The minimum Gasteiger partial charge on any atom is -0.304 e. The number of hydrogen-bond donors (Lipinski definition) is 1. The lowest BCUT2D eigenvalue weighted by atomic mass is 10.2. The van der Waals surface area contributed by atoms with Gasteiger partial charge >= 0.3 is 0 Å². The van der Waals surface area contributed by atoms with Crippen molar-refractivity contribution >= 4 is 16.9 Å². The maximum atomic E-state index is 4.38. The average Bonchev–Trinajstić information content (AvgIpc) is 3.09. The lowest BCUT2D eigenvalue weighted by molar-refractivity contribution is 0.518. The maximum absolute atomic E-state index is 4.38. The fraction of sp³-hybridized carbons (Fsp3) is 0.286. The van der Waals surface area contributed by atoms with E-state index in [-0.39, 0.29) is 0 Å². The van der Waals surface area contributed by atoms with Crippen LogP contribution < -0.4 is 5.32 Å². The van der Waals surface area contributed by atoms with Gasteiger partial charge in [-0.2, -0.15) is 5.10 Å². The molecule has 5 heteroatoms. The first-order valence-electron chi connectivity index (χ1n) is 6.42. The molecule has 1 N–H and O–H groups in total. The van der Waals surface area contributed by atoms with Gasteiger partial charge in [0.15, 0.2) is 0 Å². The van der Waals surface area contributed by atoms with E-state index in [1.807, 2.05) is 40.6 Å². The average molecular weight is 272 g/mol. The molecule has 0 aliphatic carbocycles. The van der Waals surface area contributed by atoms with Crippen molar-refractivity contribution < 1.29 is 0 Å². The summed E-state index contributed by atoms with van der Waals surface area (Å²) in [5.74, 6) is 0. The smallest absolute Gasteiger partial charge is 0.109 e. The Balaban J connectivity index is 1.75. The van der Waals surface area contributed by atoms with Gasteiger partial charge in [-0.25, -0.2) is 9.50 Å². The molecule has 0 aliphatic heterocycles. The highest BCUT2D eigenvalue weighted by Gasteiger charge is 2.12. The number of nitrogens with zero attached hydrogens (tertiary/aromatic N) is 3. The molecule has 1 atom stereocenters. The Kier molecular flexibility index (Phi) is 3.57. The number of rotatable bonds is 5. The van der Waals surface area contributed by atoms with Crippen LogP contribution in [-0.2, 0) is 6.54 Å². The summed E-state index contributed by atoms with van der Waals surface area (Å²) in [7, 11) is 0. The highest BCUT2D eigenvalue weighted by molar-refractivity contribution is 7.09. The molecule has 0 amide bonds. The molecule has 0 aromatic carbocycles. The van der Waals surface area contributed by atoms with Gasteiger partial charge in [-0.05, 0) is 18.6 Å². The lowest BCUT2D eigenvalue weighted by Gasteiger charge is -2.13. The van der Waals surface area contributed by atoms with Crippen LogP contribution in [0.25, 0.3) is 5.52 Å². The molecule has 0 fully saturated rings. The van der Waals surface area contributed by atoms with E-state index in [4.69, 9.17) is 0 Å². The molecule has 98 valence electrons. The van der Waals surface area contributed by atoms with Crippen LogP contribution >= 0.6 is 11.3 Å². The lowest BCUT2D eigenvalue weighted by Crippen LogP contribution is -2.20. The molecule has 3 aromatic heterocycles. The summed E-state index contributed by atoms with van der Waals surface area (Å²) in [4.78, 5) is 4.38. The van der Waals surface area contributed by atoms with E-state index in [9.17, 15) is 0 Å². The Morgan fingerprint density at radius 2 is 2.37 bits per heavy atom. The highest BCUT2D eigenvalue weighted by atomic mass is 32.1. The third-order valence-electron chi connectivity index (χ3n) is 3.20. The monoisotopic (exact) mass is 272 g/mol. The quantitative estimate of drug-likeness (QED) is 0.776. The first-order valence-corrected chi connectivity index (χ1v) is 7.30. The van der Waals surface area contributed by atoms with Gasteiger partial charge in [0.25, 0.3) is 0 Å². The van der Waals surface area contributed by atoms with E-state index >= 15 is 0 Å². The molecule has 4 nitrogen and oxygen atoms in total. The summed E-state index contributed by atoms with van der Waals surface area (Å²) in [6, 6.07) is 6.44. The maximum Gasteiger partial charge on any atom is 0.109 e. The predicted molar refractivity (Wildman–Crippen MR) is 77.2 cm³/mol. The van der Waals surface area contributed by atoms with Crippen molar-refractivity contribution in [3.63, 3.8) is 0 Å². The first kappa shape index (κ1) is 12.3. The van der Waals surface area contributed by atoms with E-state index in [0.717, 1.165) is 23.5 Å². The van der Waals surface area contributed by atoms with E-state index in [0.29, 0.717) is 6.04 Å². The summed E-state index contributed by atoms with van der Waals surface area (Å²) >= 11 is 1.70. The number of nitrogens with one attached hydrogen (secondary N) is 1. The van der Waals surface area contributed by atoms with Crippen LogP contribution in [0.1, 0.15) is 30.0 Å². The van der Waals surface area contributed by atoms with Gasteiger partial charge in [0.1, 0.15) is 5.01 Å². The molecule has 0 saturated carbocycles. The van der Waals surface area contributed by atoms with Gasteiger partial charge in [0.2, 0.25) is 0 Å². The van der Waals surface area contributed by atoms with Crippen molar-refractivity contribution in [1.29, 1.82) is 0 Å². The van der Waals surface area contributed by atoms with Gasteiger partial charge in [0.05, 0.1) is 17.8 Å². The number of hydrogen-bond acceptors (Lipinski definition) is 4. The van der Waals surface area contributed by atoms with Crippen LogP contribution in [0.5, 0.6) is 0 Å². The Morgan fingerprint density at radius 1 is 1.42 bits per heavy atom. The molecule has 0 saturated heterocycles. The van der Waals surface area contributed by atoms with Crippen LogP contribution in [0.2, 0.25) is 0 Å². The van der Waals surface area contributed by atoms with Crippen molar-refractivity contribution in [1.82, 2.24) is 19.9 Å². The molecule has 3 aromatic rings. The summed E-state index contributed by atoms with van der Waals surface area (Å²) in [5.41, 5.74) is 2.37. The zero-order valence-corrected chi connectivity index (χ0v) is 11.6. The summed E-state index contributed by atoms with van der Waals surface area (Å²) in [5, 5.41) is 11.1. The van der Waals surface area contributed by atoms with Crippen molar-refractivity contribution in [2.45, 2.75) is 25.9 Å². The molecule has 3 rings (SSSR count). The Morgan fingerprint density at radius 3 is 3.16 bits per heavy atom. The van der Waals surface area contributed by atoms with Crippen molar-refractivity contribution in [2.24, 2.45) is 0 Å². The zero-order valence-electron chi connectivity index (χ0n) is 10.8. The largest absolute Gasteiger partial charge is 0.304 e. The molecule has 0 bridgehead atoms. The Labute approximate surface area is 116 Å². The Bertz CT molecular complexity index is 644. The number of pyridine rings is 1. The van der Waals surface area contributed by atoms with E-state index in [2.05, 4.69) is 28.4 Å². The molecule has 0 radical (unpaired) electrons. The SMILES string of the molecule is CCC(NCc1cnn2ccccc12)c1nccs1. The van der Waals surface area contributed by atoms with E-state index < -0.39 is 0 Å². The van der Waals surface area contributed by atoms with Crippen molar-refractivity contribution in [2.75, 3.05) is 0 Å². The second-order valence-corrected chi connectivity index (χ2v) is 5.34. The molecule has 0 aliphatic rings. The number of aromatic nitrogens is 3. The third-order valence-corrected chi connectivity index (χ3v) is 4.09. The minimum atomic E-state index is 0.318. The van der Waals surface area contributed by atoms with Crippen molar-refractivity contribution in [3.8, 4) is 0 Å². The molecule has 1 unspecified atom stereocenters. The van der Waals surface area contributed by atoms with Crippen LogP contribution in [0, 0.1) is 0 Å². The predicted octanol–water partition coefficient (Wildman–Crippen LogP) is 3.03. The molecular formula is C14H16N4S. The number of fused-ring (bicyclic) bond motifs is 1. The van der Waals surface area contributed by atoms with E-state index in [1.54, 1.807) is 11.3 Å². The fourth-order valence-electron chi connectivity index (χ4n) is 2.17. The molecular weight excluding hydrogens is 256 g/mol. The van der Waals surface area contributed by atoms with Gasteiger partial charge < -0.3 is 5.32 Å². The van der Waals surface area contributed by atoms with E-state index in [1.165, 1.54) is 5.56 Å². The summed E-state index contributed by atoms with van der Waals surface area (Å²) in [6.07, 6.45) is 6.79. The molecule has 0 spiro atoms. The second kappa shape index (κ2) is 5.50. The standard InChI is InChI=1S/C14H16N4S/c1-2-12(14-15-6-8-19-14)16-9-11-10-17-18-7-4-3-5-13(11)18/h3-8,10,12,16H,2,9H2,1H3. The highest BCUT2D eigenvalue weighted by Crippen LogP contribution is 2.20. The van der Waals surface area contributed by atoms with Crippen LogP contribution in [0.3, 0.4) is 0 Å². The summed E-state index contributed by atoms with van der Waals surface area (Å²) < 4.78 is 1.90. The summed E-state index contributed by atoms with van der Waals surface area (Å²) in [6.45, 7) is 2.99. The Hall–Kier alpha value is -1.72. The number of thiazole rings is 1. The van der Waals surface area contributed by atoms with Gasteiger partial charge in [-0.15, -0.1) is 11.3 Å². The van der Waals surface area contributed by atoms with Gasteiger partial charge in [-0.3, -0.25) is 0 Å². The van der Waals surface area contributed by atoms with Crippen molar-refractivity contribution in [3.05, 3.63) is 52.7 Å². The van der Waals surface area contributed by atoms with Gasteiger partial charge in [0, 0.05) is 29.9 Å². The normalized spacial score (nSPS) is 12.9.